The van der Waals surface area contributed by atoms with Gasteiger partial charge in [-0.2, -0.15) is 0 Å². The van der Waals surface area contributed by atoms with Gasteiger partial charge < -0.3 is 15.3 Å². The predicted molar refractivity (Wildman–Crippen MR) is 42.1 cm³/mol. The Morgan fingerprint density at radius 3 is 2.33 bits per heavy atom. The number of phenols is 2. The van der Waals surface area contributed by atoms with E-state index in [4.69, 9.17) is 23.2 Å². The molecule has 5 heteroatoms. The van der Waals surface area contributed by atoms with Crippen LogP contribution in [0, 0.1) is 0 Å². The molecule has 1 rings (SSSR count). The molecule has 0 aliphatic heterocycles. The first-order chi connectivity index (χ1) is 5.52. The van der Waals surface area contributed by atoms with Crippen molar-refractivity contribution in [2.45, 2.75) is 0 Å². The number of hydrogen-bond acceptors (Lipinski definition) is 3. The molecule has 3 N–H and O–H groups in total. The lowest BCUT2D eigenvalue weighted by Gasteiger charge is -2.02. The Bertz CT molecular complexity index is 334. The lowest BCUT2D eigenvalue weighted by molar-refractivity contribution is 0.0694. The third-order valence-corrected chi connectivity index (χ3v) is 1.38. The lowest BCUT2D eigenvalue weighted by atomic mass is 9.93. The van der Waals surface area contributed by atoms with Crippen LogP contribution in [0.15, 0.2) is 12.1 Å². The molecular weight excluding hydrogens is 159 g/mol. The van der Waals surface area contributed by atoms with Crippen LogP contribution in [0.1, 0.15) is 10.4 Å². The number of phenolic OH excluding ortho intramolecular Hbond substituents is 1. The van der Waals surface area contributed by atoms with Gasteiger partial charge in [0.05, 0.1) is 0 Å². The summed E-state index contributed by atoms with van der Waals surface area (Å²) < 4.78 is 0. The van der Waals surface area contributed by atoms with E-state index in [9.17, 15) is 4.79 Å². The Balaban J connectivity index is 3.33. The van der Waals surface area contributed by atoms with Crippen LogP contribution in [0.3, 0.4) is 0 Å². The average Bonchev–Trinajstić information content (AvgIpc) is 1.96. The molecule has 0 atom stereocenters. The number of benzene rings is 1. The summed E-state index contributed by atoms with van der Waals surface area (Å²) in [6.07, 6.45) is 0. The first kappa shape index (κ1) is 8.45. The second-order valence-electron chi connectivity index (χ2n) is 2.23. The van der Waals surface area contributed by atoms with Gasteiger partial charge in [0.25, 0.3) is 0 Å². The molecule has 4 nitrogen and oxygen atoms in total. The second kappa shape index (κ2) is 2.77. The van der Waals surface area contributed by atoms with Gasteiger partial charge in [-0.3, -0.25) is 0 Å². The van der Waals surface area contributed by atoms with Crippen LogP contribution in [0.4, 0.5) is 0 Å². The number of hydrogen-bond donors (Lipinski definition) is 3. The Morgan fingerprint density at radius 1 is 1.25 bits per heavy atom. The maximum Gasteiger partial charge on any atom is 0.339 e. The SMILES string of the molecule is [B]c1cc(C(=O)O)c(O)cc1O. The van der Waals surface area contributed by atoms with E-state index in [-0.39, 0.29) is 16.8 Å². The van der Waals surface area contributed by atoms with E-state index in [1.54, 1.807) is 0 Å². The van der Waals surface area contributed by atoms with Crippen LogP contribution in [-0.2, 0) is 0 Å². The molecule has 0 unspecified atom stereocenters. The molecule has 0 spiro atoms. The van der Waals surface area contributed by atoms with E-state index in [2.05, 4.69) is 0 Å². The van der Waals surface area contributed by atoms with Gasteiger partial charge in [-0.15, -0.1) is 0 Å². The van der Waals surface area contributed by atoms with E-state index in [0.717, 1.165) is 12.1 Å². The molecule has 0 fully saturated rings. The number of carboxylic acids is 1. The van der Waals surface area contributed by atoms with Crippen LogP contribution < -0.4 is 5.46 Å². The number of carboxylic acid groups (broad SMARTS) is 1. The molecular formula is C7H5BO4. The maximum atomic E-state index is 10.4. The first-order valence-electron chi connectivity index (χ1n) is 3.07. The predicted octanol–water partition coefficient (Wildman–Crippen LogP) is -0.410. The molecule has 60 valence electrons. The van der Waals surface area contributed by atoms with Gasteiger partial charge in [-0.05, 0) is 6.07 Å². The number of rotatable bonds is 1. The Kier molecular flexibility index (Phi) is 1.95. The summed E-state index contributed by atoms with van der Waals surface area (Å²) in [6, 6.07) is 1.88. The van der Waals surface area contributed by atoms with Gasteiger partial charge in [0.15, 0.2) is 0 Å². The standard InChI is InChI=1S/C7H5BO4/c8-4-1-3(7(11)12)5(9)2-6(4)10/h1-2,9-10H,(H,11,12). The molecule has 0 saturated carbocycles. The van der Waals surface area contributed by atoms with Crippen molar-refractivity contribution in [3.63, 3.8) is 0 Å². The average molecular weight is 164 g/mol. The van der Waals surface area contributed by atoms with Gasteiger partial charge >= 0.3 is 5.97 Å². The quantitative estimate of drug-likeness (QED) is 0.493. The van der Waals surface area contributed by atoms with Crippen molar-refractivity contribution in [3.05, 3.63) is 17.7 Å². The van der Waals surface area contributed by atoms with E-state index < -0.39 is 11.7 Å². The Morgan fingerprint density at radius 2 is 1.83 bits per heavy atom. The minimum atomic E-state index is -1.29. The van der Waals surface area contributed by atoms with Crippen molar-refractivity contribution in [1.82, 2.24) is 0 Å². The highest BCUT2D eigenvalue weighted by Crippen LogP contribution is 2.19. The largest absolute Gasteiger partial charge is 0.508 e. The molecule has 0 heterocycles. The van der Waals surface area contributed by atoms with E-state index in [0.29, 0.717) is 0 Å². The van der Waals surface area contributed by atoms with Crippen molar-refractivity contribution < 1.29 is 20.1 Å². The number of aromatic carboxylic acids is 1. The molecule has 1 aromatic carbocycles. The molecule has 0 aromatic heterocycles. The van der Waals surface area contributed by atoms with Crippen LogP contribution in [-0.4, -0.2) is 29.1 Å². The van der Waals surface area contributed by atoms with Gasteiger partial charge in [0, 0.05) is 6.07 Å². The summed E-state index contributed by atoms with van der Waals surface area (Å²) >= 11 is 0. The number of aromatic hydroxyl groups is 2. The highest BCUT2D eigenvalue weighted by Gasteiger charge is 2.11. The third kappa shape index (κ3) is 1.34. The van der Waals surface area contributed by atoms with E-state index in [1.807, 2.05) is 0 Å². The minimum Gasteiger partial charge on any atom is -0.508 e. The highest BCUT2D eigenvalue weighted by molar-refractivity contribution is 6.34. The molecule has 12 heavy (non-hydrogen) atoms. The van der Waals surface area contributed by atoms with Crippen LogP contribution >= 0.6 is 0 Å². The van der Waals surface area contributed by atoms with Crippen molar-refractivity contribution in [2.24, 2.45) is 0 Å². The third-order valence-electron chi connectivity index (χ3n) is 1.38. The van der Waals surface area contributed by atoms with Gasteiger partial charge in [0.1, 0.15) is 24.9 Å². The normalized spacial score (nSPS) is 9.67. The van der Waals surface area contributed by atoms with Gasteiger partial charge in [0.2, 0.25) is 0 Å². The fourth-order valence-electron chi connectivity index (χ4n) is 0.765. The fraction of sp³-hybridized carbons (Fsp3) is 0. The summed E-state index contributed by atoms with van der Waals surface area (Å²) in [5.74, 6) is -2.13. The van der Waals surface area contributed by atoms with Crippen LogP contribution in [0.25, 0.3) is 0 Å². The Labute approximate surface area is 69.5 Å². The smallest absolute Gasteiger partial charge is 0.339 e. The molecule has 2 radical (unpaired) electrons. The lowest BCUT2D eigenvalue weighted by Crippen LogP contribution is -2.07. The molecule has 1 aromatic rings. The van der Waals surface area contributed by atoms with Gasteiger partial charge in [-0.25, -0.2) is 4.79 Å². The zero-order chi connectivity index (χ0) is 9.30. The zero-order valence-corrected chi connectivity index (χ0v) is 5.98. The molecule has 0 aliphatic rings. The van der Waals surface area contributed by atoms with E-state index in [1.165, 1.54) is 0 Å². The molecule has 0 bridgehead atoms. The summed E-state index contributed by atoms with van der Waals surface area (Å²) in [5, 5.41) is 26.4. The van der Waals surface area contributed by atoms with Crippen molar-refractivity contribution in [1.29, 1.82) is 0 Å². The summed E-state index contributed by atoms with van der Waals surface area (Å²) in [6.45, 7) is 0. The van der Waals surface area contributed by atoms with E-state index >= 15 is 0 Å². The monoisotopic (exact) mass is 164 g/mol. The van der Waals surface area contributed by atoms with Crippen molar-refractivity contribution in [3.8, 4) is 11.5 Å². The topological polar surface area (TPSA) is 77.8 Å². The maximum absolute atomic E-state index is 10.4. The van der Waals surface area contributed by atoms with Gasteiger partial charge in [-0.1, -0.05) is 5.46 Å². The fourth-order valence-corrected chi connectivity index (χ4v) is 0.765. The van der Waals surface area contributed by atoms with Crippen LogP contribution in [0.2, 0.25) is 0 Å². The van der Waals surface area contributed by atoms with Crippen LogP contribution in [0.5, 0.6) is 11.5 Å². The minimum absolute atomic E-state index is 0.0785. The molecule has 0 saturated heterocycles. The Hall–Kier alpha value is -1.65. The summed E-state index contributed by atoms with van der Waals surface area (Å²) in [5.41, 5.74) is -0.407. The summed E-state index contributed by atoms with van der Waals surface area (Å²) in [7, 11) is 5.20. The number of carbonyl (C=O) groups is 1. The molecule has 0 aliphatic carbocycles. The zero-order valence-electron chi connectivity index (χ0n) is 5.98. The summed E-state index contributed by atoms with van der Waals surface area (Å²) in [4.78, 5) is 10.4. The first-order valence-corrected chi connectivity index (χ1v) is 3.07. The highest BCUT2D eigenvalue weighted by atomic mass is 16.4. The van der Waals surface area contributed by atoms with Crippen molar-refractivity contribution >= 4 is 19.3 Å². The second-order valence-corrected chi connectivity index (χ2v) is 2.23. The van der Waals surface area contributed by atoms with Crippen molar-refractivity contribution in [2.75, 3.05) is 0 Å². The molecule has 0 amide bonds.